The van der Waals surface area contributed by atoms with Crippen molar-refractivity contribution in [3.8, 4) is 11.5 Å². The first-order valence-corrected chi connectivity index (χ1v) is 8.38. The zero-order valence-corrected chi connectivity index (χ0v) is 15.5. The number of carbonyl (C=O) groups excluding carboxylic acids is 2. The molecule has 1 aliphatic rings. The van der Waals surface area contributed by atoms with Crippen molar-refractivity contribution in [1.82, 2.24) is 4.90 Å². The minimum atomic E-state index is -0.498. The molecule has 0 fully saturated rings. The Labute approximate surface area is 156 Å². The number of amides is 2. The number of carbonyl (C=O) groups is 2. The zero-order valence-electron chi connectivity index (χ0n) is 14.7. The van der Waals surface area contributed by atoms with E-state index in [0.29, 0.717) is 17.1 Å². The summed E-state index contributed by atoms with van der Waals surface area (Å²) in [6, 6.07) is 12.6. The number of ether oxygens (including phenoxy) is 2. The van der Waals surface area contributed by atoms with Gasteiger partial charge < -0.3 is 9.47 Å². The average molecular weight is 372 g/mol. The van der Waals surface area contributed by atoms with E-state index in [1.165, 1.54) is 14.2 Å². The van der Waals surface area contributed by atoms with Crippen molar-refractivity contribution in [1.29, 1.82) is 0 Å². The fourth-order valence-electron chi connectivity index (χ4n) is 2.81. The van der Waals surface area contributed by atoms with Gasteiger partial charge in [0.05, 0.1) is 26.3 Å². The molecule has 26 heavy (non-hydrogen) atoms. The molecule has 1 heterocycles. The second-order valence-corrected chi connectivity index (χ2v) is 6.32. The fourth-order valence-corrected chi connectivity index (χ4v) is 3.10. The first-order chi connectivity index (χ1) is 12.5. The highest BCUT2D eigenvalue weighted by atomic mass is 35.5. The Kier molecular flexibility index (Phi) is 5.00. The Morgan fingerprint density at radius 3 is 2.19 bits per heavy atom. The van der Waals surface area contributed by atoms with E-state index in [2.05, 4.69) is 0 Å². The maximum Gasteiger partial charge on any atom is 0.273 e. The number of halogens is 1. The van der Waals surface area contributed by atoms with Gasteiger partial charge in [0.25, 0.3) is 11.8 Å². The predicted molar refractivity (Wildman–Crippen MR) is 99.1 cm³/mol. The second-order valence-electron chi connectivity index (χ2n) is 5.94. The van der Waals surface area contributed by atoms with Gasteiger partial charge >= 0.3 is 0 Å². The van der Waals surface area contributed by atoms with Gasteiger partial charge in [0, 0.05) is 0 Å². The Bertz CT molecular complexity index is 903. The minimum Gasteiger partial charge on any atom is -0.493 e. The van der Waals surface area contributed by atoms with Crippen LogP contribution in [0, 0.1) is 6.92 Å². The number of hydrogen-bond donors (Lipinski definition) is 0. The smallest absolute Gasteiger partial charge is 0.273 e. The van der Waals surface area contributed by atoms with E-state index in [9.17, 15) is 9.59 Å². The summed E-state index contributed by atoms with van der Waals surface area (Å²) < 4.78 is 10.5. The number of hydrogen-bond acceptors (Lipinski definition) is 4. The first-order valence-electron chi connectivity index (χ1n) is 8.00. The first kappa shape index (κ1) is 18.0. The summed E-state index contributed by atoms with van der Waals surface area (Å²) in [7, 11) is 3.03. The monoisotopic (exact) mass is 371 g/mol. The molecule has 6 heteroatoms. The van der Waals surface area contributed by atoms with Crippen molar-refractivity contribution in [3.05, 3.63) is 64.2 Å². The molecule has 0 saturated heterocycles. The minimum absolute atomic E-state index is 0.0886. The topological polar surface area (TPSA) is 55.8 Å². The molecule has 0 aliphatic carbocycles. The molecule has 0 bridgehead atoms. The van der Waals surface area contributed by atoms with E-state index in [-0.39, 0.29) is 17.2 Å². The maximum atomic E-state index is 12.8. The van der Waals surface area contributed by atoms with Crippen LogP contribution in [-0.2, 0) is 16.1 Å². The molecule has 0 atom stereocenters. The third-order valence-electron chi connectivity index (χ3n) is 4.24. The summed E-state index contributed by atoms with van der Waals surface area (Å²) in [5.41, 5.74) is 2.65. The number of aryl methyl sites for hydroxylation is 1. The van der Waals surface area contributed by atoms with Crippen molar-refractivity contribution in [2.24, 2.45) is 0 Å². The summed E-state index contributed by atoms with van der Waals surface area (Å²) in [5.74, 6) is 0.0651. The summed E-state index contributed by atoms with van der Waals surface area (Å²) in [6.45, 7) is 2.15. The van der Waals surface area contributed by atoms with Gasteiger partial charge in [-0.3, -0.25) is 14.5 Å². The molecular weight excluding hydrogens is 354 g/mol. The highest BCUT2D eigenvalue weighted by molar-refractivity contribution is 6.55. The van der Waals surface area contributed by atoms with Crippen molar-refractivity contribution in [2.75, 3.05) is 14.2 Å². The molecule has 3 rings (SSSR count). The highest BCUT2D eigenvalue weighted by Gasteiger charge is 2.38. The molecule has 0 saturated carbocycles. The fraction of sp³-hybridized carbons (Fsp3) is 0.200. The van der Waals surface area contributed by atoms with Gasteiger partial charge in [-0.15, -0.1) is 0 Å². The van der Waals surface area contributed by atoms with E-state index in [1.54, 1.807) is 18.2 Å². The SMILES string of the molecule is COc1ccc(C2=C(Cl)C(=O)N(Cc3ccc(C)cc3)C2=O)cc1OC. The Hall–Kier alpha value is -2.79. The molecule has 2 aromatic carbocycles. The molecule has 0 N–H and O–H groups in total. The number of rotatable bonds is 5. The third kappa shape index (κ3) is 3.18. The van der Waals surface area contributed by atoms with Crippen LogP contribution >= 0.6 is 11.6 Å². The van der Waals surface area contributed by atoms with Gasteiger partial charge in [-0.25, -0.2) is 0 Å². The van der Waals surface area contributed by atoms with Crippen LogP contribution in [0.1, 0.15) is 16.7 Å². The van der Waals surface area contributed by atoms with Crippen LogP contribution in [0.2, 0.25) is 0 Å². The molecule has 0 aromatic heterocycles. The molecule has 2 aromatic rings. The molecule has 0 unspecified atom stereocenters. The molecule has 0 radical (unpaired) electrons. The summed E-state index contributed by atoms with van der Waals surface area (Å²) in [4.78, 5) is 26.5. The second kappa shape index (κ2) is 7.22. The number of methoxy groups -OCH3 is 2. The van der Waals surface area contributed by atoms with Crippen molar-refractivity contribution < 1.29 is 19.1 Å². The van der Waals surface area contributed by atoms with Crippen molar-refractivity contribution in [2.45, 2.75) is 13.5 Å². The standard InChI is InChI=1S/C20H18ClNO4/c1-12-4-6-13(7-5-12)11-22-19(23)17(18(21)20(22)24)14-8-9-15(25-2)16(10-14)26-3/h4-10H,11H2,1-3H3. The lowest BCUT2D eigenvalue weighted by molar-refractivity contribution is -0.137. The van der Waals surface area contributed by atoms with E-state index in [4.69, 9.17) is 21.1 Å². The molecule has 2 amide bonds. The zero-order chi connectivity index (χ0) is 18.8. The number of benzene rings is 2. The van der Waals surface area contributed by atoms with Gasteiger partial charge in [0.2, 0.25) is 0 Å². The molecular formula is C20H18ClNO4. The van der Waals surface area contributed by atoms with Crippen molar-refractivity contribution in [3.63, 3.8) is 0 Å². The summed E-state index contributed by atoms with van der Waals surface area (Å²) >= 11 is 6.21. The highest BCUT2D eigenvalue weighted by Crippen LogP contribution is 2.36. The van der Waals surface area contributed by atoms with Crippen LogP contribution in [-0.4, -0.2) is 30.9 Å². The third-order valence-corrected chi connectivity index (χ3v) is 4.60. The Balaban J connectivity index is 1.92. The summed E-state index contributed by atoms with van der Waals surface area (Å²) in [6.07, 6.45) is 0. The van der Waals surface area contributed by atoms with Crippen LogP contribution in [0.4, 0.5) is 0 Å². The number of imide groups is 1. The quantitative estimate of drug-likeness (QED) is 0.754. The van der Waals surface area contributed by atoms with Crippen LogP contribution in [0.25, 0.3) is 5.57 Å². The van der Waals surface area contributed by atoms with E-state index < -0.39 is 11.8 Å². The van der Waals surface area contributed by atoms with Crippen LogP contribution in [0.15, 0.2) is 47.5 Å². The maximum absolute atomic E-state index is 12.8. The van der Waals surface area contributed by atoms with Crippen molar-refractivity contribution >= 4 is 29.0 Å². The molecule has 134 valence electrons. The average Bonchev–Trinajstić information content (AvgIpc) is 2.86. The van der Waals surface area contributed by atoms with Gasteiger partial charge in [0.1, 0.15) is 5.03 Å². The number of nitrogens with zero attached hydrogens (tertiary/aromatic N) is 1. The summed E-state index contributed by atoms with van der Waals surface area (Å²) in [5, 5.41) is -0.0886. The van der Waals surface area contributed by atoms with Crippen LogP contribution in [0.5, 0.6) is 11.5 Å². The van der Waals surface area contributed by atoms with Crippen LogP contribution < -0.4 is 9.47 Å². The lowest BCUT2D eigenvalue weighted by atomic mass is 10.1. The lowest BCUT2D eigenvalue weighted by Gasteiger charge is -2.15. The van der Waals surface area contributed by atoms with E-state index >= 15 is 0 Å². The Morgan fingerprint density at radius 2 is 1.58 bits per heavy atom. The normalized spacial score (nSPS) is 14.2. The molecule has 5 nitrogen and oxygen atoms in total. The largest absolute Gasteiger partial charge is 0.493 e. The molecule has 0 spiro atoms. The van der Waals surface area contributed by atoms with Gasteiger partial charge in [0.15, 0.2) is 11.5 Å². The molecule has 1 aliphatic heterocycles. The van der Waals surface area contributed by atoms with Gasteiger partial charge in [-0.05, 0) is 30.2 Å². The Morgan fingerprint density at radius 1 is 0.923 bits per heavy atom. The van der Waals surface area contributed by atoms with Gasteiger partial charge in [-0.2, -0.15) is 0 Å². The van der Waals surface area contributed by atoms with Crippen LogP contribution in [0.3, 0.4) is 0 Å². The lowest BCUT2D eigenvalue weighted by Crippen LogP contribution is -2.30. The van der Waals surface area contributed by atoms with Gasteiger partial charge in [-0.1, -0.05) is 47.5 Å². The van der Waals surface area contributed by atoms with E-state index in [1.807, 2.05) is 31.2 Å². The predicted octanol–water partition coefficient (Wildman–Crippen LogP) is 3.53. The van der Waals surface area contributed by atoms with E-state index in [0.717, 1.165) is 16.0 Å².